The Morgan fingerprint density at radius 2 is 2.04 bits per heavy atom. The molecule has 2 aromatic rings. The first kappa shape index (κ1) is 15.5. The van der Waals surface area contributed by atoms with E-state index in [9.17, 15) is 9.59 Å². The van der Waals surface area contributed by atoms with Crippen molar-refractivity contribution in [2.75, 3.05) is 16.8 Å². The summed E-state index contributed by atoms with van der Waals surface area (Å²) in [6, 6.07) is 7.26. The van der Waals surface area contributed by atoms with Gasteiger partial charge in [0, 0.05) is 24.0 Å². The molecule has 0 spiro atoms. The van der Waals surface area contributed by atoms with E-state index in [4.69, 9.17) is 0 Å². The van der Waals surface area contributed by atoms with E-state index in [2.05, 4.69) is 15.6 Å². The Hall–Kier alpha value is -2.41. The number of amides is 3. The SMILES string of the molecule is Cc1ccc(N2C[C@H](NC(=O)Nc3nc(C)cs3)CC2=O)cc1. The van der Waals surface area contributed by atoms with E-state index in [1.165, 1.54) is 11.3 Å². The molecule has 1 atom stereocenters. The average Bonchev–Trinajstić information content (AvgIpc) is 3.06. The summed E-state index contributed by atoms with van der Waals surface area (Å²) in [5, 5.41) is 7.95. The number of benzene rings is 1. The van der Waals surface area contributed by atoms with Crippen LogP contribution in [0.4, 0.5) is 15.6 Å². The number of hydrogen-bond acceptors (Lipinski definition) is 4. The van der Waals surface area contributed by atoms with E-state index >= 15 is 0 Å². The van der Waals surface area contributed by atoms with E-state index in [1.54, 1.807) is 4.90 Å². The van der Waals surface area contributed by atoms with E-state index in [0.717, 1.165) is 16.9 Å². The van der Waals surface area contributed by atoms with Crippen molar-refractivity contribution in [1.29, 1.82) is 0 Å². The molecule has 1 saturated heterocycles. The maximum Gasteiger partial charge on any atom is 0.321 e. The number of nitrogens with zero attached hydrogens (tertiary/aromatic N) is 2. The van der Waals surface area contributed by atoms with Gasteiger partial charge in [-0.25, -0.2) is 9.78 Å². The molecule has 120 valence electrons. The second-order valence-corrected chi connectivity index (χ2v) is 6.49. The summed E-state index contributed by atoms with van der Waals surface area (Å²) in [4.78, 5) is 30.0. The number of rotatable bonds is 3. The Morgan fingerprint density at radius 3 is 2.70 bits per heavy atom. The molecule has 1 aliphatic heterocycles. The first-order valence-corrected chi connectivity index (χ1v) is 8.26. The molecule has 3 amide bonds. The number of aromatic nitrogens is 1. The zero-order valence-corrected chi connectivity index (χ0v) is 13.8. The van der Waals surface area contributed by atoms with Crippen LogP contribution in [0.3, 0.4) is 0 Å². The van der Waals surface area contributed by atoms with Crippen molar-refractivity contribution in [3.8, 4) is 0 Å². The smallest absolute Gasteiger partial charge is 0.321 e. The van der Waals surface area contributed by atoms with Crippen molar-refractivity contribution in [2.45, 2.75) is 26.3 Å². The van der Waals surface area contributed by atoms with Gasteiger partial charge in [0.1, 0.15) is 0 Å². The van der Waals surface area contributed by atoms with Crippen molar-refractivity contribution in [2.24, 2.45) is 0 Å². The van der Waals surface area contributed by atoms with Crippen molar-refractivity contribution >= 4 is 34.1 Å². The molecule has 1 aromatic carbocycles. The molecule has 1 aromatic heterocycles. The van der Waals surface area contributed by atoms with E-state index in [0.29, 0.717) is 18.1 Å². The lowest BCUT2D eigenvalue weighted by Gasteiger charge is -2.17. The first-order valence-electron chi connectivity index (χ1n) is 7.38. The maximum atomic E-state index is 12.2. The summed E-state index contributed by atoms with van der Waals surface area (Å²) < 4.78 is 0. The van der Waals surface area contributed by atoms with Crippen LogP contribution < -0.4 is 15.5 Å². The molecule has 23 heavy (non-hydrogen) atoms. The summed E-state index contributed by atoms with van der Waals surface area (Å²) in [5.74, 6) is 0.0178. The fourth-order valence-electron chi connectivity index (χ4n) is 2.51. The molecule has 2 N–H and O–H groups in total. The second kappa shape index (κ2) is 6.37. The average molecular weight is 330 g/mol. The van der Waals surface area contributed by atoms with E-state index in [-0.39, 0.29) is 18.0 Å². The molecule has 0 aliphatic carbocycles. The van der Waals surface area contributed by atoms with Crippen molar-refractivity contribution in [3.05, 3.63) is 40.9 Å². The Kier molecular flexibility index (Phi) is 4.29. The molecule has 0 radical (unpaired) electrons. The van der Waals surface area contributed by atoms with Gasteiger partial charge >= 0.3 is 6.03 Å². The predicted octanol–water partition coefficient (Wildman–Crippen LogP) is 2.69. The third-order valence-corrected chi connectivity index (χ3v) is 4.52. The van der Waals surface area contributed by atoms with Crippen LogP contribution in [0.2, 0.25) is 0 Å². The summed E-state index contributed by atoms with van der Waals surface area (Å²) in [6.07, 6.45) is 0.304. The zero-order chi connectivity index (χ0) is 16.4. The number of hydrogen-bond donors (Lipinski definition) is 2. The predicted molar refractivity (Wildman–Crippen MR) is 90.9 cm³/mol. The summed E-state index contributed by atoms with van der Waals surface area (Å²) in [5.41, 5.74) is 2.88. The quantitative estimate of drug-likeness (QED) is 0.908. The fourth-order valence-corrected chi connectivity index (χ4v) is 3.19. The number of anilines is 2. The van der Waals surface area contributed by atoms with Crippen LogP contribution in [0.1, 0.15) is 17.7 Å². The normalized spacial score (nSPS) is 17.4. The number of carbonyl (C=O) groups is 2. The van der Waals surface area contributed by atoms with Crippen molar-refractivity contribution in [3.63, 3.8) is 0 Å². The van der Waals surface area contributed by atoms with Crippen LogP contribution in [0.15, 0.2) is 29.6 Å². The highest BCUT2D eigenvalue weighted by Gasteiger charge is 2.31. The number of carbonyl (C=O) groups excluding carboxylic acids is 2. The molecule has 0 unspecified atom stereocenters. The standard InChI is InChI=1S/C16H18N4O2S/c1-10-3-5-13(6-4-10)20-8-12(7-14(20)21)18-15(22)19-16-17-11(2)9-23-16/h3-6,9,12H,7-8H2,1-2H3,(H2,17,18,19,22)/t12-/m1/s1. The lowest BCUT2D eigenvalue weighted by atomic mass is 10.2. The Morgan fingerprint density at radius 1 is 1.30 bits per heavy atom. The molecule has 0 saturated carbocycles. The molecule has 7 heteroatoms. The number of nitrogens with one attached hydrogen (secondary N) is 2. The summed E-state index contributed by atoms with van der Waals surface area (Å²) in [7, 11) is 0. The number of aryl methyl sites for hydroxylation is 2. The van der Waals surface area contributed by atoms with Crippen LogP contribution in [-0.2, 0) is 4.79 Å². The number of urea groups is 1. The highest BCUT2D eigenvalue weighted by molar-refractivity contribution is 7.13. The second-order valence-electron chi connectivity index (χ2n) is 5.63. The van der Waals surface area contributed by atoms with Gasteiger partial charge in [-0.3, -0.25) is 10.1 Å². The van der Waals surface area contributed by atoms with E-state index < -0.39 is 0 Å². The van der Waals surface area contributed by atoms with Gasteiger partial charge in [0.2, 0.25) is 5.91 Å². The largest absolute Gasteiger partial charge is 0.333 e. The van der Waals surface area contributed by atoms with E-state index in [1.807, 2.05) is 43.5 Å². The number of thiazole rings is 1. The van der Waals surface area contributed by atoms with Crippen LogP contribution in [0, 0.1) is 13.8 Å². The first-order chi connectivity index (χ1) is 11.0. The maximum absolute atomic E-state index is 12.2. The summed E-state index contributed by atoms with van der Waals surface area (Å²) in [6.45, 7) is 4.35. The van der Waals surface area contributed by atoms with Crippen molar-refractivity contribution < 1.29 is 9.59 Å². The van der Waals surface area contributed by atoms with Crippen LogP contribution in [-0.4, -0.2) is 29.5 Å². The van der Waals surface area contributed by atoms with Gasteiger partial charge in [-0.15, -0.1) is 11.3 Å². The van der Waals surface area contributed by atoms with Crippen molar-refractivity contribution in [1.82, 2.24) is 10.3 Å². The topological polar surface area (TPSA) is 74.3 Å². The van der Waals surface area contributed by atoms with Crippen LogP contribution >= 0.6 is 11.3 Å². The highest BCUT2D eigenvalue weighted by Crippen LogP contribution is 2.22. The van der Waals surface area contributed by atoms with Gasteiger partial charge < -0.3 is 10.2 Å². The Bertz CT molecular complexity index is 726. The molecule has 1 aliphatic rings. The summed E-state index contributed by atoms with van der Waals surface area (Å²) >= 11 is 1.37. The Labute approximate surface area is 138 Å². The molecule has 2 heterocycles. The lowest BCUT2D eigenvalue weighted by molar-refractivity contribution is -0.117. The monoisotopic (exact) mass is 330 g/mol. The molecule has 6 nitrogen and oxygen atoms in total. The van der Waals surface area contributed by atoms with Crippen LogP contribution in [0.5, 0.6) is 0 Å². The molecular formula is C16H18N4O2S. The third-order valence-electron chi connectivity index (χ3n) is 3.65. The van der Waals surface area contributed by atoms with Gasteiger partial charge in [0.15, 0.2) is 5.13 Å². The fraction of sp³-hybridized carbons (Fsp3) is 0.312. The minimum absolute atomic E-state index is 0.0178. The molecule has 3 rings (SSSR count). The third kappa shape index (κ3) is 3.68. The Balaban J connectivity index is 1.59. The van der Waals surface area contributed by atoms with Crippen LogP contribution in [0.25, 0.3) is 0 Å². The molecule has 0 bridgehead atoms. The van der Waals surface area contributed by atoms with Gasteiger partial charge in [-0.05, 0) is 26.0 Å². The van der Waals surface area contributed by atoms with Gasteiger partial charge in [0.05, 0.1) is 11.7 Å². The van der Waals surface area contributed by atoms with Gasteiger partial charge in [-0.1, -0.05) is 17.7 Å². The lowest BCUT2D eigenvalue weighted by Crippen LogP contribution is -2.39. The zero-order valence-electron chi connectivity index (χ0n) is 13.0. The molecular weight excluding hydrogens is 312 g/mol. The molecule has 1 fully saturated rings. The highest BCUT2D eigenvalue weighted by atomic mass is 32.1. The van der Waals surface area contributed by atoms with Gasteiger partial charge in [0.25, 0.3) is 0 Å². The minimum atomic E-state index is -0.331. The minimum Gasteiger partial charge on any atom is -0.333 e. The van der Waals surface area contributed by atoms with Gasteiger partial charge in [-0.2, -0.15) is 0 Å².